The Balaban J connectivity index is 1.60. The van der Waals surface area contributed by atoms with E-state index in [0.717, 1.165) is 11.3 Å². The van der Waals surface area contributed by atoms with Crippen LogP contribution in [-0.4, -0.2) is 38.4 Å². The maximum absolute atomic E-state index is 12.6. The van der Waals surface area contributed by atoms with Gasteiger partial charge in [-0.05, 0) is 28.1 Å². The van der Waals surface area contributed by atoms with Gasteiger partial charge in [-0.1, -0.05) is 48.5 Å². The molecule has 1 heterocycles. The van der Waals surface area contributed by atoms with E-state index >= 15 is 0 Å². The molecule has 0 spiro atoms. The zero-order valence-corrected chi connectivity index (χ0v) is 13.8. The lowest BCUT2D eigenvalue weighted by atomic mass is 10.1. The predicted octanol–water partition coefficient (Wildman–Crippen LogP) is 2.17. The summed E-state index contributed by atoms with van der Waals surface area (Å²) in [4.78, 5) is 13.8. The average molecular weight is 339 g/mol. The minimum atomic E-state index is -0.567. The highest BCUT2D eigenvalue weighted by molar-refractivity contribution is 7.99. The molecular formula is C17H17N5OS. The number of nitrogens with one attached hydrogen (secondary N) is 1. The fraction of sp³-hybridized carbons (Fsp3) is 0.176. The summed E-state index contributed by atoms with van der Waals surface area (Å²) in [6.45, 7) is 0.573. The van der Waals surface area contributed by atoms with Crippen LogP contribution in [0.5, 0.6) is 0 Å². The van der Waals surface area contributed by atoms with Crippen LogP contribution in [0.15, 0.2) is 71.9 Å². The van der Waals surface area contributed by atoms with Crippen molar-refractivity contribution in [3.63, 3.8) is 0 Å². The topological polar surface area (TPSA) is 72.7 Å². The van der Waals surface area contributed by atoms with Crippen LogP contribution in [0.25, 0.3) is 0 Å². The van der Waals surface area contributed by atoms with Crippen molar-refractivity contribution in [3.05, 3.63) is 72.6 Å². The van der Waals surface area contributed by atoms with Gasteiger partial charge < -0.3 is 5.32 Å². The highest BCUT2D eigenvalue weighted by Crippen LogP contribution is 2.18. The lowest BCUT2D eigenvalue weighted by Gasteiger charge is -2.16. The number of amides is 1. The molecule has 0 aliphatic carbocycles. The van der Waals surface area contributed by atoms with E-state index in [2.05, 4.69) is 33.0 Å². The second kappa shape index (κ2) is 8.26. The Morgan fingerprint density at radius 1 is 1.08 bits per heavy atom. The summed E-state index contributed by atoms with van der Waals surface area (Å²) in [5.41, 5.74) is 0.845. The van der Waals surface area contributed by atoms with Crippen LogP contribution in [0, 0.1) is 0 Å². The molecular weight excluding hydrogens is 322 g/mol. The number of aromatic nitrogens is 4. The van der Waals surface area contributed by atoms with E-state index < -0.39 is 6.04 Å². The van der Waals surface area contributed by atoms with Crippen LogP contribution in [0.3, 0.4) is 0 Å². The van der Waals surface area contributed by atoms with Gasteiger partial charge in [0, 0.05) is 17.2 Å². The number of rotatable bonds is 7. The van der Waals surface area contributed by atoms with Gasteiger partial charge in [-0.2, -0.15) is 0 Å². The monoisotopic (exact) mass is 339 g/mol. The van der Waals surface area contributed by atoms with Gasteiger partial charge in [0.15, 0.2) is 6.04 Å². The van der Waals surface area contributed by atoms with E-state index in [1.807, 2.05) is 48.5 Å². The summed E-state index contributed by atoms with van der Waals surface area (Å²) in [6.07, 6.45) is 1.45. The van der Waals surface area contributed by atoms with E-state index in [0.29, 0.717) is 6.54 Å². The lowest BCUT2D eigenvalue weighted by Crippen LogP contribution is -2.35. The Labute approximate surface area is 144 Å². The van der Waals surface area contributed by atoms with Gasteiger partial charge in [-0.3, -0.25) is 4.79 Å². The number of hydrogen-bond donors (Lipinski definition) is 1. The van der Waals surface area contributed by atoms with E-state index in [1.54, 1.807) is 11.8 Å². The van der Waals surface area contributed by atoms with Crippen molar-refractivity contribution in [1.82, 2.24) is 25.5 Å². The molecule has 0 radical (unpaired) electrons. The number of tetrazole rings is 1. The van der Waals surface area contributed by atoms with Crippen molar-refractivity contribution in [3.8, 4) is 0 Å². The predicted molar refractivity (Wildman–Crippen MR) is 92.6 cm³/mol. The molecule has 0 fully saturated rings. The SMILES string of the molecule is O=C(NCCSc1ccccc1)[C@H](c1ccccc1)n1cnnn1. The summed E-state index contributed by atoms with van der Waals surface area (Å²) in [7, 11) is 0. The molecule has 122 valence electrons. The summed E-state index contributed by atoms with van der Waals surface area (Å²) in [6, 6.07) is 19.0. The normalized spacial score (nSPS) is 11.8. The Bertz CT molecular complexity index is 749. The summed E-state index contributed by atoms with van der Waals surface area (Å²) < 4.78 is 1.47. The van der Waals surface area contributed by atoms with Gasteiger partial charge in [-0.25, -0.2) is 4.68 Å². The number of carbonyl (C=O) groups excluding carboxylic acids is 1. The van der Waals surface area contributed by atoms with Crippen molar-refractivity contribution in [2.75, 3.05) is 12.3 Å². The summed E-state index contributed by atoms with van der Waals surface area (Å²) in [5.74, 6) is 0.675. The zero-order chi connectivity index (χ0) is 16.6. The molecule has 0 bridgehead atoms. The van der Waals surface area contributed by atoms with Gasteiger partial charge >= 0.3 is 0 Å². The van der Waals surface area contributed by atoms with Crippen LogP contribution in [0.1, 0.15) is 11.6 Å². The quantitative estimate of drug-likeness (QED) is 0.527. The first-order valence-corrected chi connectivity index (χ1v) is 8.56. The lowest BCUT2D eigenvalue weighted by molar-refractivity contribution is -0.123. The van der Waals surface area contributed by atoms with Crippen LogP contribution in [0.2, 0.25) is 0 Å². The van der Waals surface area contributed by atoms with Crippen LogP contribution in [-0.2, 0) is 4.79 Å². The third kappa shape index (κ3) is 4.20. The smallest absolute Gasteiger partial charge is 0.249 e. The zero-order valence-electron chi connectivity index (χ0n) is 12.9. The van der Waals surface area contributed by atoms with E-state index in [4.69, 9.17) is 0 Å². The van der Waals surface area contributed by atoms with Gasteiger partial charge in [0.1, 0.15) is 6.33 Å². The molecule has 3 aromatic rings. The maximum atomic E-state index is 12.6. The Morgan fingerprint density at radius 3 is 2.46 bits per heavy atom. The second-order valence-corrected chi connectivity index (χ2v) is 6.22. The number of hydrogen-bond acceptors (Lipinski definition) is 5. The molecule has 7 heteroatoms. The summed E-state index contributed by atoms with van der Waals surface area (Å²) >= 11 is 1.71. The highest BCUT2D eigenvalue weighted by Gasteiger charge is 2.23. The molecule has 0 saturated heterocycles. The highest BCUT2D eigenvalue weighted by atomic mass is 32.2. The molecule has 1 atom stereocenters. The van der Waals surface area contributed by atoms with Crippen molar-refractivity contribution in [2.24, 2.45) is 0 Å². The van der Waals surface area contributed by atoms with E-state index in [-0.39, 0.29) is 5.91 Å². The Morgan fingerprint density at radius 2 is 1.79 bits per heavy atom. The Kier molecular flexibility index (Phi) is 5.57. The number of nitrogens with zero attached hydrogens (tertiary/aromatic N) is 4. The maximum Gasteiger partial charge on any atom is 0.249 e. The molecule has 6 nitrogen and oxygen atoms in total. The fourth-order valence-corrected chi connectivity index (χ4v) is 3.09. The van der Waals surface area contributed by atoms with Crippen molar-refractivity contribution in [1.29, 1.82) is 0 Å². The molecule has 0 aliphatic heterocycles. The first-order chi connectivity index (χ1) is 11.8. The standard InChI is InChI=1S/C17H17N5OS/c23-17(18-11-12-24-15-9-5-2-6-10-15)16(22-13-19-20-21-22)14-7-3-1-4-8-14/h1-10,13,16H,11-12H2,(H,18,23)/t16-/m0/s1. The molecule has 0 saturated carbocycles. The average Bonchev–Trinajstić information content (AvgIpc) is 3.15. The first-order valence-electron chi connectivity index (χ1n) is 7.57. The molecule has 1 aromatic heterocycles. The molecule has 0 aliphatic rings. The Hall–Kier alpha value is -2.67. The van der Waals surface area contributed by atoms with Crippen molar-refractivity contribution >= 4 is 17.7 Å². The van der Waals surface area contributed by atoms with Crippen LogP contribution >= 0.6 is 11.8 Å². The van der Waals surface area contributed by atoms with Crippen molar-refractivity contribution < 1.29 is 4.79 Å². The van der Waals surface area contributed by atoms with Gasteiger partial charge in [0.05, 0.1) is 0 Å². The summed E-state index contributed by atoms with van der Waals surface area (Å²) in [5, 5.41) is 14.1. The molecule has 1 N–H and O–H groups in total. The van der Waals surface area contributed by atoms with Gasteiger partial charge in [0.2, 0.25) is 5.91 Å². The third-order valence-corrected chi connectivity index (χ3v) is 4.42. The fourth-order valence-electron chi connectivity index (χ4n) is 2.30. The molecule has 0 unspecified atom stereocenters. The molecule has 24 heavy (non-hydrogen) atoms. The number of thioether (sulfide) groups is 1. The van der Waals surface area contributed by atoms with Crippen LogP contribution in [0.4, 0.5) is 0 Å². The number of carbonyl (C=O) groups is 1. The minimum Gasteiger partial charge on any atom is -0.353 e. The molecule has 3 rings (SSSR count). The number of benzene rings is 2. The molecule has 1 amide bonds. The first kappa shape index (κ1) is 16.2. The second-order valence-electron chi connectivity index (χ2n) is 5.06. The third-order valence-electron chi connectivity index (χ3n) is 3.41. The van der Waals surface area contributed by atoms with Crippen molar-refractivity contribution in [2.45, 2.75) is 10.9 Å². The van der Waals surface area contributed by atoms with Gasteiger partial charge in [0.25, 0.3) is 0 Å². The minimum absolute atomic E-state index is 0.123. The van der Waals surface area contributed by atoms with E-state index in [9.17, 15) is 4.79 Å². The van der Waals surface area contributed by atoms with E-state index in [1.165, 1.54) is 15.9 Å². The van der Waals surface area contributed by atoms with Gasteiger partial charge in [-0.15, -0.1) is 16.9 Å². The molecule has 2 aromatic carbocycles. The largest absolute Gasteiger partial charge is 0.353 e. The van der Waals surface area contributed by atoms with Crippen LogP contribution < -0.4 is 5.32 Å².